The van der Waals surface area contributed by atoms with Gasteiger partial charge in [0, 0.05) is 12.1 Å². The molecule has 92 valence electrons. The normalized spacial score (nSPS) is 16.6. The molecule has 1 saturated carbocycles. The van der Waals surface area contributed by atoms with Crippen molar-refractivity contribution in [2.45, 2.75) is 18.5 Å². The van der Waals surface area contributed by atoms with Crippen molar-refractivity contribution in [2.24, 2.45) is 0 Å². The molecule has 4 nitrogen and oxygen atoms in total. The van der Waals surface area contributed by atoms with Gasteiger partial charge in [-0.1, -0.05) is 23.2 Å². The highest BCUT2D eigenvalue weighted by molar-refractivity contribution is 6.42. The summed E-state index contributed by atoms with van der Waals surface area (Å²) in [5, 5.41) is 11.0. The first kappa shape index (κ1) is 12.4. The highest BCUT2D eigenvalue weighted by atomic mass is 35.5. The van der Waals surface area contributed by atoms with Crippen LogP contribution in [0.5, 0.6) is 5.75 Å². The first-order valence-corrected chi connectivity index (χ1v) is 5.62. The van der Waals surface area contributed by atoms with E-state index in [0.29, 0.717) is 12.8 Å². The van der Waals surface area contributed by atoms with Crippen LogP contribution in [-0.4, -0.2) is 17.2 Å². The van der Waals surface area contributed by atoms with Crippen molar-refractivity contribution in [3.63, 3.8) is 0 Å². The Labute approximate surface area is 106 Å². The molecule has 17 heavy (non-hydrogen) atoms. The Balaban J connectivity index is 2.24. The quantitative estimate of drug-likeness (QED) is 0.623. The zero-order valence-corrected chi connectivity index (χ0v) is 10.1. The van der Waals surface area contributed by atoms with E-state index in [4.69, 9.17) is 27.9 Å². The number of benzene rings is 1. The van der Waals surface area contributed by atoms with Crippen LogP contribution in [0.4, 0.5) is 10.1 Å². The molecule has 1 aliphatic carbocycles. The van der Waals surface area contributed by atoms with Crippen LogP contribution >= 0.6 is 23.2 Å². The highest BCUT2D eigenvalue weighted by Crippen LogP contribution is 2.42. The van der Waals surface area contributed by atoms with Gasteiger partial charge in [-0.3, -0.25) is 10.1 Å². The van der Waals surface area contributed by atoms with Crippen molar-refractivity contribution in [1.29, 1.82) is 0 Å². The van der Waals surface area contributed by atoms with Gasteiger partial charge >= 0.3 is 5.69 Å². The van der Waals surface area contributed by atoms with E-state index in [1.165, 1.54) is 6.07 Å². The maximum atomic E-state index is 13.3. The van der Waals surface area contributed by atoms with Gasteiger partial charge in [-0.25, -0.2) is 4.39 Å². The Kier molecular flexibility index (Phi) is 3.14. The van der Waals surface area contributed by atoms with E-state index in [0.717, 1.165) is 6.07 Å². The van der Waals surface area contributed by atoms with Crippen molar-refractivity contribution in [3.8, 4) is 5.75 Å². The summed E-state index contributed by atoms with van der Waals surface area (Å²) in [7, 11) is 0. The third-order valence-electron chi connectivity index (χ3n) is 2.48. The molecule has 1 fully saturated rings. The minimum atomic E-state index is -1.35. The third kappa shape index (κ3) is 2.79. The van der Waals surface area contributed by atoms with Gasteiger partial charge in [0.05, 0.1) is 15.0 Å². The molecule has 1 aromatic rings. The van der Waals surface area contributed by atoms with E-state index in [2.05, 4.69) is 0 Å². The number of nitrogens with zero attached hydrogens (tertiary/aromatic N) is 1. The van der Waals surface area contributed by atoms with Crippen molar-refractivity contribution < 1.29 is 14.1 Å². The minimum absolute atomic E-state index is 0.0617. The molecule has 0 bridgehead atoms. The summed E-state index contributed by atoms with van der Waals surface area (Å²) in [6.07, 6.45) is 0.838. The lowest BCUT2D eigenvalue weighted by molar-refractivity contribution is -0.385. The van der Waals surface area contributed by atoms with E-state index in [1.807, 2.05) is 0 Å². The first-order chi connectivity index (χ1) is 7.91. The van der Waals surface area contributed by atoms with Crippen LogP contribution in [0.2, 0.25) is 10.0 Å². The highest BCUT2D eigenvalue weighted by Gasteiger charge is 2.44. The molecule has 1 aliphatic rings. The predicted octanol–water partition coefficient (Wildman–Crippen LogP) is 3.78. The topological polar surface area (TPSA) is 52.4 Å². The van der Waals surface area contributed by atoms with Gasteiger partial charge in [0.1, 0.15) is 12.3 Å². The summed E-state index contributed by atoms with van der Waals surface area (Å²) in [6.45, 7) is -0.203. The third-order valence-corrected chi connectivity index (χ3v) is 3.20. The molecule has 0 spiro atoms. The maximum Gasteiger partial charge on any atom is 0.312 e. The Hall–Kier alpha value is -1.07. The zero-order chi connectivity index (χ0) is 12.6. The first-order valence-electron chi connectivity index (χ1n) is 4.86. The number of nitro benzene ring substituents is 1. The molecule has 0 saturated heterocycles. The van der Waals surface area contributed by atoms with Crippen molar-refractivity contribution in [2.75, 3.05) is 6.61 Å². The van der Waals surface area contributed by atoms with Crippen molar-refractivity contribution >= 4 is 28.9 Å². The molecule has 0 atom stereocenters. The number of hydrogen-bond donors (Lipinski definition) is 0. The SMILES string of the molecule is O=[N+]([O-])c1cc(Cl)c(Cl)cc1OCC1(F)CC1. The lowest BCUT2D eigenvalue weighted by atomic mass is 10.3. The number of halogens is 3. The van der Waals surface area contributed by atoms with Gasteiger partial charge in [0.25, 0.3) is 0 Å². The summed E-state index contributed by atoms with van der Waals surface area (Å²) >= 11 is 11.4. The molecule has 0 amide bonds. The van der Waals surface area contributed by atoms with Gasteiger partial charge in [0.2, 0.25) is 0 Å². The molecule has 0 aromatic heterocycles. The average Bonchev–Trinajstić information content (AvgIpc) is 2.98. The average molecular weight is 280 g/mol. The molecule has 0 aliphatic heterocycles. The lowest BCUT2D eigenvalue weighted by Gasteiger charge is -2.09. The van der Waals surface area contributed by atoms with Crippen LogP contribution in [0.25, 0.3) is 0 Å². The number of nitro groups is 1. The van der Waals surface area contributed by atoms with E-state index in [-0.39, 0.29) is 28.1 Å². The second kappa shape index (κ2) is 4.31. The second-order valence-corrected chi connectivity index (χ2v) is 4.75. The summed E-state index contributed by atoms with van der Waals surface area (Å²) in [5.41, 5.74) is -1.66. The Morgan fingerprint density at radius 2 is 2.00 bits per heavy atom. The van der Waals surface area contributed by atoms with Gasteiger partial charge in [-0.2, -0.15) is 0 Å². The predicted molar refractivity (Wildman–Crippen MR) is 61.7 cm³/mol. The zero-order valence-electron chi connectivity index (χ0n) is 8.58. The fourth-order valence-corrected chi connectivity index (χ4v) is 1.57. The summed E-state index contributed by atoms with van der Waals surface area (Å²) < 4.78 is 18.4. The molecule has 0 radical (unpaired) electrons. The number of hydrogen-bond acceptors (Lipinski definition) is 3. The van der Waals surface area contributed by atoms with Crippen molar-refractivity contribution in [1.82, 2.24) is 0 Å². The molecule has 0 unspecified atom stereocenters. The van der Waals surface area contributed by atoms with E-state index in [9.17, 15) is 14.5 Å². The number of alkyl halides is 1. The van der Waals surface area contributed by atoms with Crippen molar-refractivity contribution in [3.05, 3.63) is 32.3 Å². The monoisotopic (exact) mass is 279 g/mol. The molecule has 2 rings (SSSR count). The van der Waals surface area contributed by atoms with Crippen LogP contribution in [0.3, 0.4) is 0 Å². The minimum Gasteiger partial charge on any atom is -0.483 e. The van der Waals surface area contributed by atoms with Gasteiger partial charge < -0.3 is 4.74 Å². The summed E-state index contributed by atoms with van der Waals surface area (Å²) in [5.74, 6) is -0.0617. The Bertz CT molecular complexity index is 477. The number of ether oxygens (including phenoxy) is 1. The Morgan fingerprint density at radius 3 is 2.53 bits per heavy atom. The largest absolute Gasteiger partial charge is 0.483 e. The molecular weight excluding hydrogens is 272 g/mol. The fourth-order valence-electron chi connectivity index (χ4n) is 1.26. The van der Waals surface area contributed by atoms with Gasteiger partial charge in [-0.05, 0) is 12.8 Å². The second-order valence-electron chi connectivity index (χ2n) is 3.93. The molecule has 1 aromatic carbocycles. The molecule has 7 heteroatoms. The van der Waals surface area contributed by atoms with Gasteiger partial charge in [-0.15, -0.1) is 0 Å². The molecular formula is C10H8Cl2FNO3. The molecule has 0 heterocycles. The van der Waals surface area contributed by atoms with Crippen LogP contribution in [-0.2, 0) is 0 Å². The van der Waals surface area contributed by atoms with E-state index in [1.54, 1.807) is 0 Å². The van der Waals surface area contributed by atoms with E-state index < -0.39 is 10.6 Å². The summed E-state index contributed by atoms with van der Waals surface area (Å²) in [4.78, 5) is 10.1. The fraction of sp³-hybridized carbons (Fsp3) is 0.400. The van der Waals surface area contributed by atoms with Crippen LogP contribution in [0, 0.1) is 10.1 Å². The van der Waals surface area contributed by atoms with Gasteiger partial charge in [0.15, 0.2) is 5.75 Å². The van der Waals surface area contributed by atoms with E-state index >= 15 is 0 Å². The maximum absolute atomic E-state index is 13.3. The van der Waals surface area contributed by atoms with Crippen LogP contribution in [0.15, 0.2) is 12.1 Å². The summed E-state index contributed by atoms with van der Waals surface area (Å²) in [6, 6.07) is 2.32. The van der Waals surface area contributed by atoms with Crippen LogP contribution in [0.1, 0.15) is 12.8 Å². The van der Waals surface area contributed by atoms with Crippen LogP contribution < -0.4 is 4.74 Å². The molecule has 0 N–H and O–H groups in total. The lowest BCUT2D eigenvalue weighted by Crippen LogP contribution is -2.14. The standard InChI is InChI=1S/C10H8Cl2FNO3/c11-6-3-8(14(15)16)9(4-7(6)12)17-5-10(13)1-2-10/h3-4H,1-2,5H2. The number of rotatable bonds is 4. The Morgan fingerprint density at radius 1 is 1.41 bits per heavy atom. The smallest absolute Gasteiger partial charge is 0.312 e.